The molecule has 0 fully saturated rings. The summed E-state index contributed by atoms with van der Waals surface area (Å²) in [6.45, 7) is 0. The van der Waals surface area contributed by atoms with Gasteiger partial charge in [-0.05, 0) is 0 Å². The summed E-state index contributed by atoms with van der Waals surface area (Å²) in [7, 11) is -0.557. The van der Waals surface area contributed by atoms with Gasteiger partial charge in [0.05, 0.1) is 7.11 Å². The van der Waals surface area contributed by atoms with Gasteiger partial charge in [-0.15, -0.1) is 0 Å². The third-order valence-corrected chi connectivity index (χ3v) is 2.48. The first-order chi connectivity index (χ1) is 6.47. The molecule has 7 heteroatoms. The van der Waals surface area contributed by atoms with Gasteiger partial charge in [-0.1, -0.05) is 0 Å². The van der Waals surface area contributed by atoms with E-state index in [2.05, 4.69) is 4.74 Å². The molecule has 0 saturated carbocycles. The van der Waals surface area contributed by atoms with E-state index in [9.17, 15) is 22.2 Å². The second-order valence-electron chi connectivity index (χ2n) is 2.28. The van der Waals surface area contributed by atoms with Crippen molar-refractivity contribution in [2.45, 2.75) is 6.42 Å². The molecule has 0 aromatic heterocycles. The van der Waals surface area contributed by atoms with Crippen LogP contribution in [0.25, 0.3) is 0 Å². The predicted octanol–water partition coefficient (Wildman–Crippen LogP) is 1.38. The second-order valence-corrected chi connectivity index (χ2v) is 3.86. The molecule has 0 aliphatic carbocycles. The zero-order valence-corrected chi connectivity index (χ0v) is 8.20. The van der Waals surface area contributed by atoms with Gasteiger partial charge in [0.15, 0.2) is 5.83 Å². The van der Waals surface area contributed by atoms with Gasteiger partial charge < -0.3 is 4.74 Å². The monoisotopic (exact) mass is 230 g/mol. The molecule has 0 spiro atoms. The minimum Gasteiger partial charge on any atom is -0.468 e. The maximum atomic E-state index is 12.2. The molecule has 0 aromatic carbocycles. The summed E-state index contributed by atoms with van der Waals surface area (Å²) in [5, 5.41) is 0. The Kier molecular flexibility index (Phi) is 6.18. The quantitative estimate of drug-likeness (QED) is 0.670. The van der Waals surface area contributed by atoms with Crippen LogP contribution in [0.5, 0.6) is 0 Å². The zero-order valence-electron chi connectivity index (χ0n) is 7.39. The number of hydrogen-bond donors (Lipinski definition) is 0. The number of rotatable bonds is 5. The lowest BCUT2D eigenvalue weighted by atomic mass is 10.4. The van der Waals surface area contributed by atoms with Crippen molar-refractivity contribution in [1.29, 1.82) is 0 Å². The lowest BCUT2D eigenvalue weighted by molar-refractivity contribution is -0.137. The second kappa shape index (κ2) is 6.58. The average Bonchev–Trinajstić information content (AvgIpc) is 2.13. The minimum absolute atomic E-state index is 0.321. The van der Waals surface area contributed by atoms with Crippen LogP contribution in [0.3, 0.4) is 0 Å². The van der Waals surface area contributed by atoms with Gasteiger partial charge in [0.2, 0.25) is 0 Å². The highest BCUT2D eigenvalue weighted by Gasteiger charge is 2.11. The first kappa shape index (κ1) is 13.2. The SMILES string of the molecule is COC(=O)CS(=O)CCC(F)=C(F)F. The number of esters is 1. The summed E-state index contributed by atoms with van der Waals surface area (Å²) in [6.07, 6.45) is -3.05. The van der Waals surface area contributed by atoms with E-state index in [0.717, 1.165) is 7.11 Å². The number of hydrogen-bond acceptors (Lipinski definition) is 3. The molecule has 0 heterocycles. The highest BCUT2D eigenvalue weighted by molar-refractivity contribution is 7.85. The van der Waals surface area contributed by atoms with Crippen molar-refractivity contribution in [3.63, 3.8) is 0 Å². The summed E-state index contributed by atoms with van der Waals surface area (Å²) >= 11 is 0. The smallest absolute Gasteiger partial charge is 0.318 e. The maximum Gasteiger partial charge on any atom is 0.318 e. The molecule has 0 rings (SSSR count). The Morgan fingerprint density at radius 2 is 1.93 bits per heavy atom. The van der Waals surface area contributed by atoms with Gasteiger partial charge >= 0.3 is 12.0 Å². The molecule has 14 heavy (non-hydrogen) atoms. The highest BCUT2D eigenvalue weighted by Crippen LogP contribution is 2.13. The van der Waals surface area contributed by atoms with E-state index >= 15 is 0 Å². The van der Waals surface area contributed by atoms with Crippen molar-refractivity contribution in [1.82, 2.24) is 0 Å². The molecule has 0 saturated heterocycles. The highest BCUT2D eigenvalue weighted by atomic mass is 32.2. The van der Waals surface area contributed by atoms with Gasteiger partial charge in [-0.25, -0.2) is 4.39 Å². The third kappa shape index (κ3) is 5.74. The lowest BCUT2D eigenvalue weighted by Crippen LogP contribution is -2.14. The number of allylic oxidation sites excluding steroid dienone is 1. The van der Waals surface area contributed by atoms with Crippen LogP contribution in [-0.2, 0) is 20.3 Å². The maximum absolute atomic E-state index is 12.2. The standard InChI is InChI=1S/C7H9F3O3S/c1-13-6(11)4-14(12)3-2-5(8)7(9)10/h2-4H2,1H3. The van der Waals surface area contributed by atoms with Crippen LogP contribution in [0.2, 0.25) is 0 Å². The Labute approximate surface area is 81.4 Å². The molecule has 0 aliphatic rings. The fourth-order valence-corrected chi connectivity index (χ4v) is 1.49. The largest absolute Gasteiger partial charge is 0.468 e. The van der Waals surface area contributed by atoms with Crippen LogP contribution < -0.4 is 0 Å². The molecular formula is C7H9F3O3S. The topological polar surface area (TPSA) is 43.4 Å². The summed E-state index contributed by atoms with van der Waals surface area (Å²) < 4.78 is 50.3. The van der Waals surface area contributed by atoms with E-state index < -0.39 is 40.9 Å². The molecule has 0 bridgehead atoms. The van der Waals surface area contributed by atoms with Crippen LogP contribution in [0.4, 0.5) is 13.2 Å². The molecule has 0 amide bonds. The van der Waals surface area contributed by atoms with E-state index in [1.165, 1.54) is 0 Å². The predicted molar refractivity (Wildman–Crippen MR) is 44.9 cm³/mol. The number of ether oxygens (including phenoxy) is 1. The molecular weight excluding hydrogens is 221 g/mol. The van der Waals surface area contributed by atoms with Crippen molar-refractivity contribution < 1.29 is 26.9 Å². The molecule has 0 N–H and O–H groups in total. The number of halogens is 3. The van der Waals surface area contributed by atoms with Crippen LogP contribution in [-0.4, -0.2) is 28.8 Å². The molecule has 1 unspecified atom stereocenters. The van der Waals surface area contributed by atoms with Gasteiger partial charge in [-0.2, -0.15) is 8.78 Å². The van der Waals surface area contributed by atoms with Crippen LogP contribution in [0.1, 0.15) is 6.42 Å². The number of carbonyl (C=O) groups is 1. The van der Waals surface area contributed by atoms with Gasteiger partial charge in [0, 0.05) is 23.0 Å². The fourth-order valence-electron chi connectivity index (χ4n) is 0.560. The van der Waals surface area contributed by atoms with Crippen molar-refractivity contribution in [3.05, 3.63) is 11.9 Å². The normalized spacial score (nSPS) is 12.0. The zero-order chi connectivity index (χ0) is 11.1. The number of methoxy groups -OCH3 is 1. The van der Waals surface area contributed by atoms with Gasteiger partial charge in [-0.3, -0.25) is 9.00 Å². The average molecular weight is 230 g/mol. The Morgan fingerprint density at radius 1 is 1.36 bits per heavy atom. The Balaban J connectivity index is 3.87. The van der Waals surface area contributed by atoms with Crippen molar-refractivity contribution in [2.24, 2.45) is 0 Å². The fraction of sp³-hybridized carbons (Fsp3) is 0.571. The summed E-state index contributed by atoms with van der Waals surface area (Å²) in [5.41, 5.74) is 0. The first-order valence-electron chi connectivity index (χ1n) is 3.58. The first-order valence-corrected chi connectivity index (χ1v) is 5.07. The van der Waals surface area contributed by atoms with E-state index in [0.29, 0.717) is 0 Å². The van der Waals surface area contributed by atoms with Gasteiger partial charge in [0.1, 0.15) is 5.75 Å². The molecule has 0 aromatic rings. The molecule has 82 valence electrons. The van der Waals surface area contributed by atoms with Gasteiger partial charge in [0.25, 0.3) is 0 Å². The molecule has 0 aliphatic heterocycles. The van der Waals surface area contributed by atoms with Crippen LogP contribution in [0.15, 0.2) is 11.9 Å². The molecule has 1 atom stereocenters. The van der Waals surface area contributed by atoms with Crippen LogP contribution >= 0.6 is 0 Å². The van der Waals surface area contributed by atoms with E-state index in [1.807, 2.05) is 0 Å². The number of carbonyl (C=O) groups excluding carboxylic acids is 1. The minimum atomic E-state index is -2.42. The van der Waals surface area contributed by atoms with Crippen LogP contribution in [0, 0.1) is 0 Å². The summed E-state index contributed by atoms with van der Waals surface area (Å²) in [5.74, 6) is -3.03. The van der Waals surface area contributed by atoms with Crippen molar-refractivity contribution in [2.75, 3.05) is 18.6 Å². The summed E-state index contributed by atoms with van der Waals surface area (Å²) in [6, 6.07) is 0. The van der Waals surface area contributed by atoms with E-state index in [-0.39, 0.29) is 5.75 Å². The van der Waals surface area contributed by atoms with Crippen molar-refractivity contribution >= 4 is 16.8 Å². The molecule has 0 radical (unpaired) electrons. The van der Waals surface area contributed by atoms with E-state index in [4.69, 9.17) is 0 Å². The Hall–Kier alpha value is -0.850. The summed E-state index contributed by atoms with van der Waals surface area (Å²) in [4.78, 5) is 10.5. The Morgan fingerprint density at radius 3 is 2.36 bits per heavy atom. The molecule has 3 nitrogen and oxygen atoms in total. The lowest BCUT2D eigenvalue weighted by Gasteiger charge is -1.99. The Bertz CT molecular complexity index is 261. The van der Waals surface area contributed by atoms with Crippen molar-refractivity contribution in [3.8, 4) is 0 Å². The third-order valence-electron chi connectivity index (χ3n) is 1.26. The van der Waals surface area contributed by atoms with E-state index in [1.54, 1.807) is 0 Å².